The van der Waals surface area contributed by atoms with Crippen LogP contribution < -0.4 is 0 Å². The Labute approximate surface area is 98.7 Å². The van der Waals surface area contributed by atoms with Crippen molar-refractivity contribution >= 4 is 24.2 Å². The number of aliphatic hydroxyl groups is 2. The topological polar surface area (TPSA) is 60.7 Å². The molecule has 0 spiro atoms. The maximum absolute atomic E-state index is 9.71. The third-order valence-corrected chi connectivity index (χ3v) is 2.66. The van der Waals surface area contributed by atoms with E-state index in [2.05, 4.69) is 12.6 Å². The van der Waals surface area contributed by atoms with Crippen LogP contribution in [0.15, 0.2) is 18.2 Å². The van der Waals surface area contributed by atoms with Crippen LogP contribution in [0, 0.1) is 0 Å². The fourth-order valence-electron chi connectivity index (χ4n) is 1.22. The standard InChI is InChI=1S/C10H13ClO3S/c11-7-5-6(1-2-8(7)12)10(14)9(13)3-4-15/h1-2,5,9-10,12-15H,3-4H2. The maximum atomic E-state index is 9.71. The number of thiol groups is 1. The first-order valence-corrected chi connectivity index (χ1v) is 5.52. The number of halogens is 1. The van der Waals surface area contributed by atoms with Gasteiger partial charge < -0.3 is 15.3 Å². The molecule has 3 nitrogen and oxygen atoms in total. The van der Waals surface area contributed by atoms with Crippen LogP contribution in [0.2, 0.25) is 5.02 Å². The Bertz CT molecular complexity index is 332. The second-order valence-corrected chi connectivity index (χ2v) is 4.09. The van der Waals surface area contributed by atoms with E-state index in [-0.39, 0.29) is 10.8 Å². The lowest BCUT2D eigenvalue weighted by atomic mass is 10.0. The normalized spacial score (nSPS) is 14.9. The summed E-state index contributed by atoms with van der Waals surface area (Å²) in [6.45, 7) is 0. The summed E-state index contributed by atoms with van der Waals surface area (Å²) in [6, 6.07) is 4.34. The lowest BCUT2D eigenvalue weighted by molar-refractivity contribution is 0.0172. The van der Waals surface area contributed by atoms with Crippen LogP contribution in [0.4, 0.5) is 0 Å². The minimum Gasteiger partial charge on any atom is -0.506 e. The van der Waals surface area contributed by atoms with Gasteiger partial charge in [-0.05, 0) is 29.9 Å². The first kappa shape index (κ1) is 12.6. The Hall–Kier alpha value is -0.420. The Morgan fingerprint density at radius 1 is 1.33 bits per heavy atom. The second kappa shape index (κ2) is 5.61. The fourth-order valence-corrected chi connectivity index (χ4v) is 1.67. The van der Waals surface area contributed by atoms with Gasteiger partial charge in [0.1, 0.15) is 11.9 Å². The predicted octanol–water partition coefficient (Wildman–Crippen LogP) is 1.76. The van der Waals surface area contributed by atoms with Crippen LogP contribution in [0.25, 0.3) is 0 Å². The summed E-state index contributed by atoms with van der Waals surface area (Å²) >= 11 is 9.65. The van der Waals surface area contributed by atoms with Crippen molar-refractivity contribution in [2.75, 3.05) is 5.75 Å². The van der Waals surface area contributed by atoms with Gasteiger partial charge in [-0.3, -0.25) is 0 Å². The van der Waals surface area contributed by atoms with Gasteiger partial charge in [0.05, 0.1) is 11.1 Å². The minimum atomic E-state index is -1.00. The molecular weight excluding hydrogens is 236 g/mol. The van der Waals surface area contributed by atoms with E-state index in [1.165, 1.54) is 18.2 Å². The Morgan fingerprint density at radius 2 is 2.00 bits per heavy atom. The van der Waals surface area contributed by atoms with Gasteiger partial charge in [0.25, 0.3) is 0 Å². The number of phenols is 1. The molecule has 0 saturated carbocycles. The monoisotopic (exact) mass is 248 g/mol. The second-order valence-electron chi connectivity index (χ2n) is 3.24. The molecule has 3 N–H and O–H groups in total. The van der Waals surface area contributed by atoms with E-state index in [1.54, 1.807) is 0 Å². The molecule has 0 amide bonds. The van der Waals surface area contributed by atoms with E-state index in [1.807, 2.05) is 0 Å². The highest BCUT2D eigenvalue weighted by molar-refractivity contribution is 7.80. The zero-order valence-corrected chi connectivity index (χ0v) is 9.62. The smallest absolute Gasteiger partial charge is 0.134 e. The van der Waals surface area contributed by atoms with E-state index in [9.17, 15) is 15.3 Å². The molecular formula is C10H13ClO3S. The van der Waals surface area contributed by atoms with E-state index in [4.69, 9.17) is 11.6 Å². The molecule has 0 aromatic heterocycles. The van der Waals surface area contributed by atoms with Gasteiger partial charge in [0, 0.05) is 0 Å². The van der Waals surface area contributed by atoms with Crippen LogP contribution in [0.1, 0.15) is 18.1 Å². The van der Waals surface area contributed by atoms with Crippen LogP contribution in [0.3, 0.4) is 0 Å². The van der Waals surface area contributed by atoms with Gasteiger partial charge in [0.2, 0.25) is 0 Å². The summed E-state index contributed by atoms with van der Waals surface area (Å²) in [5.41, 5.74) is 0.479. The largest absolute Gasteiger partial charge is 0.506 e. The van der Waals surface area contributed by atoms with Crippen molar-refractivity contribution in [2.24, 2.45) is 0 Å². The van der Waals surface area contributed by atoms with Crippen molar-refractivity contribution in [1.29, 1.82) is 0 Å². The molecule has 84 valence electrons. The SMILES string of the molecule is Oc1ccc(C(O)C(O)CCS)cc1Cl. The van der Waals surface area contributed by atoms with Crippen LogP contribution in [-0.4, -0.2) is 27.2 Å². The lowest BCUT2D eigenvalue weighted by Crippen LogP contribution is -2.18. The Balaban J connectivity index is 2.81. The number of rotatable bonds is 4. The summed E-state index contributed by atoms with van der Waals surface area (Å²) < 4.78 is 0. The lowest BCUT2D eigenvalue weighted by Gasteiger charge is -2.17. The third-order valence-electron chi connectivity index (χ3n) is 2.10. The molecule has 0 bridgehead atoms. The highest BCUT2D eigenvalue weighted by Crippen LogP contribution is 2.28. The van der Waals surface area contributed by atoms with Gasteiger partial charge in [0.15, 0.2) is 0 Å². The molecule has 0 aliphatic rings. The predicted molar refractivity (Wildman–Crippen MR) is 62.6 cm³/mol. The first-order valence-electron chi connectivity index (χ1n) is 4.51. The molecule has 0 aliphatic carbocycles. The number of aromatic hydroxyl groups is 1. The van der Waals surface area contributed by atoms with Crippen molar-refractivity contribution in [3.63, 3.8) is 0 Å². The van der Waals surface area contributed by atoms with Crippen molar-refractivity contribution in [1.82, 2.24) is 0 Å². The average Bonchev–Trinajstić information content (AvgIpc) is 2.21. The molecule has 1 aromatic rings. The Kier molecular flexibility index (Phi) is 4.73. The van der Waals surface area contributed by atoms with Gasteiger partial charge >= 0.3 is 0 Å². The number of aliphatic hydroxyl groups excluding tert-OH is 2. The number of hydrogen-bond donors (Lipinski definition) is 4. The summed E-state index contributed by atoms with van der Waals surface area (Å²) in [5.74, 6) is 0.445. The Morgan fingerprint density at radius 3 is 2.53 bits per heavy atom. The van der Waals surface area contributed by atoms with E-state index >= 15 is 0 Å². The molecule has 0 fully saturated rings. The molecule has 0 heterocycles. The van der Waals surface area contributed by atoms with Crippen molar-refractivity contribution < 1.29 is 15.3 Å². The average molecular weight is 249 g/mol. The van der Waals surface area contributed by atoms with Crippen LogP contribution in [-0.2, 0) is 0 Å². The minimum absolute atomic E-state index is 0.0451. The molecule has 0 radical (unpaired) electrons. The van der Waals surface area contributed by atoms with Gasteiger partial charge in [-0.15, -0.1) is 0 Å². The number of hydrogen-bond acceptors (Lipinski definition) is 4. The summed E-state index contributed by atoms with van der Waals surface area (Å²) in [6.07, 6.45) is -1.48. The molecule has 1 rings (SSSR count). The quantitative estimate of drug-likeness (QED) is 0.614. The third kappa shape index (κ3) is 3.28. The number of phenolic OH excluding ortho intramolecular Hbond substituents is 1. The molecule has 0 saturated heterocycles. The van der Waals surface area contributed by atoms with Gasteiger partial charge in [-0.1, -0.05) is 17.7 Å². The van der Waals surface area contributed by atoms with Crippen LogP contribution >= 0.6 is 24.2 Å². The highest BCUT2D eigenvalue weighted by Gasteiger charge is 2.18. The van der Waals surface area contributed by atoms with E-state index in [0.29, 0.717) is 17.7 Å². The van der Waals surface area contributed by atoms with Crippen LogP contribution in [0.5, 0.6) is 5.75 Å². The summed E-state index contributed by atoms with van der Waals surface area (Å²) in [5, 5.41) is 28.6. The molecule has 15 heavy (non-hydrogen) atoms. The zero-order valence-electron chi connectivity index (χ0n) is 7.97. The zero-order chi connectivity index (χ0) is 11.4. The summed E-state index contributed by atoms with van der Waals surface area (Å²) in [4.78, 5) is 0. The molecule has 2 unspecified atom stereocenters. The molecule has 2 atom stereocenters. The van der Waals surface area contributed by atoms with Gasteiger partial charge in [-0.2, -0.15) is 12.6 Å². The first-order chi connectivity index (χ1) is 7.06. The van der Waals surface area contributed by atoms with E-state index in [0.717, 1.165) is 0 Å². The van der Waals surface area contributed by atoms with Crippen molar-refractivity contribution in [3.05, 3.63) is 28.8 Å². The maximum Gasteiger partial charge on any atom is 0.134 e. The van der Waals surface area contributed by atoms with Crippen molar-refractivity contribution in [2.45, 2.75) is 18.6 Å². The summed E-state index contributed by atoms with van der Waals surface area (Å²) in [7, 11) is 0. The highest BCUT2D eigenvalue weighted by atomic mass is 35.5. The molecule has 5 heteroatoms. The van der Waals surface area contributed by atoms with Crippen molar-refractivity contribution in [3.8, 4) is 5.75 Å². The van der Waals surface area contributed by atoms with Gasteiger partial charge in [-0.25, -0.2) is 0 Å². The fraction of sp³-hybridized carbons (Fsp3) is 0.400. The molecule has 1 aromatic carbocycles. The van der Waals surface area contributed by atoms with E-state index < -0.39 is 12.2 Å². The molecule has 0 aliphatic heterocycles. The number of benzene rings is 1.